The summed E-state index contributed by atoms with van der Waals surface area (Å²) >= 11 is 0. The highest BCUT2D eigenvalue weighted by Gasteiger charge is 2.13. The van der Waals surface area contributed by atoms with Gasteiger partial charge in [-0.3, -0.25) is 4.79 Å². The molecule has 1 rings (SSSR count). The van der Waals surface area contributed by atoms with Gasteiger partial charge in [0.15, 0.2) is 0 Å². The fourth-order valence-electron chi connectivity index (χ4n) is 1.05. The van der Waals surface area contributed by atoms with Gasteiger partial charge in [0.1, 0.15) is 0 Å². The lowest BCUT2D eigenvalue weighted by Crippen LogP contribution is -2.19. The zero-order valence-corrected chi connectivity index (χ0v) is 8.99. The molecule has 0 saturated heterocycles. The van der Waals surface area contributed by atoms with Gasteiger partial charge < -0.3 is 15.6 Å². The molecule has 15 heavy (non-hydrogen) atoms. The van der Waals surface area contributed by atoms with Crippen molar-refractivity contribution in [2.75, 3.05) is 13.6 Å². The third kappa shape index (κ3) is 3.32. The van der Waals surface area contributed by atoms with Gasteiger partial charge in [-0.15, -0.1) is 0 Å². The van der Waals surface area contributed by atoms with Gasteiger partial charge >= 0.3 is 0 Å². The van der Waals surface area contributed by atoms with E-state index in [2.05, 4.69) is 22.4 Å². The summed E-state index contributed by atoms with van der Waals surface area (Å²) in [6.45, 7) is 2.69. The van der Waals surface area contributed by atoms with Gasteiger partial charge in [-0.2, -0.15) is 4.98 Å². The van der Waals surface area contributed by atoms with Gasteiger partial charge in [-0.25, -0.2) is 0 Å². The van der Waals surface area contributed by atoms with Crippen LogP contribution in [0.5, 0.6) is 0 Å². The fourth-order valence-corrected chi connectivity index (χ4v) is 1.05. The van der Waals surface area contributed by atoms with E-state index in [9.17, 15) is 4.79 Å². The number of carbonyl (C=O) groups excluding carboxylic acids is 1. The van der Waals surface area contributed by atoms with Crippen molar-refractivity contribution < 1.29 is 9.32 Å². The zero-order valence-electron chi connectivity index (χ0n) is 8.99. The van der Waals surface area contributed by atoms with E-state index >= 15 is 0 Å². The molecule has 0 aliphatic carbocycles. The molecule has 3 N–H and O–H groups in total. The molecule has 0 fully saturated rings. The van der Waals surface area contributed by atoms with Crippen LogP contribution in [0.25, 0.3) is 0 Å². The number of hydrogen-bond acceptors (Lipinski definition) is 5. The van der Waals surface area contributed by atoms with Crippen LogP contribution < -0.4 is 11.1 Å². The van der Waals surface area contributed by atoms with Crippen molar-refractivity contribution in [3.63, 3.8) is 0 Å². The molecule has 1 atom stereocenters. The molecular formula is C9H16N4O2. The normalized spacial score (nSPS) is 12.5. The Morgan fingerprint density at radius 2 is 2.40 bits per heavy atom. The minimum absolute atomic E-state index is 0.0768. The molecule has 1 unspecified atom stereocenters. The molecule has 0 aliphatic rings. The number of nitrogens with two attached hydrogens (primary N) is 1. The van der Waals surface area contributed by atoms with Crippen LogP contribution in [0.15, 0.2) is 4.52 Å². The minimum Gasteiger partial charge on any atom is -0.352 e. The predicted octanol–water partition coefficient (Wildman–Crippen LogP) is -0.0434. The van der Waals surface area contributed by atoms with Crippen LogP contribution in [0, 0.1) is 5.92 Å². The van der Waals surface area contributed by atoms with Crippen molar-refractivity contribution in [3.8, 4) is 0 Å². The molecule has 1 amide bonds. The average Bonchev–Trinajstić information content (AvgIpc) is 2.73. The highest BCUT2D eigenvalue weighted by molar-refractivity contribution is 5.89. The summed E-state index contributed by atoms with van der Waals surface area (Å²) in [7, 11) is 1.52. The number of nitrogens with zero attached hydrogens (tertiary/aromatic N) is 2. The van der Waals surface area contributed by atoms with E-state index in [-0.39, 0.29) is 11.7 Å². The molecule has 1 heterocycles. The topological polar surface area (TPSA) is 94.0 Å². The second-order valence-corrected chi connectivity index (χ2v) is 3.47. The van der Waals surface area contributed by atoms with Crippen molar-refractivity contribution in [3.05, 3.63) is 11.7 Å². The van der Waals surface area contributed by atoms with Crippen molar-refractivity contribution in [2.45, 2.75) is 19.8 Å². The van der Waals surface area contributed by atoms with Crippen molar-refractivity contribution in [2.24, 2.45) is 11.7 Å². The molecule has 1 aromatic heterocycles. The number of rotatable bonds is 5. The SMILES string of the molecule is CNC(=O)c1noc(CCC(C)CN)n1. The largest absolute Gasteiger partial charge is 0.352 e. The first kappa shape index (κ1) is 11.6. The standard InChI is InChI=1S/C9H16N4O2/c1-6(5-10)3-4-7-12-8(13-15-7)9(14)11-2/h6H,3-5,10H2,1-2H3,(H,11,14). The maximum Gasteiger partial charge on any atom is 0.292 e. The number of hydrogen-bond donors (Lipinski definition) is 2. The Kier molecular flexibility index (Phi) is 4.23. The molecular weight excluding hydrogens is 196 g/mol. The molecule has 0 radical (unpaired) electrons. The van der Waals surface area contributed by atoms with E-state index in [0.717, 1.165) is 6.42 Å². The number of carbonyl (C=O) groups is 1. The van der Waals surface area contributed by atoms with E-state index in [4.69, 9.17) is 10.3 Å². The summed E-state index contributed by atoms with van der Waals surface area (Å²) in [5.41, 5.74) is 5.48. The molecule has 84 valence electrons. The van der Waals surface area contributed by atoms with E-state index in [0.29, 0.717) is 24.8 Å². The van der Waals surface area contributed by atoms with Crippen LogP contribution in [-0.4, -0.2) is 29.6 Å². The van der Waals surface area contributed by atoms with Crippen LogP contribution >= 0.6 is 0 Å². The Balaban J connectivity index is 2.49. The van der Waals surface area contributed by atoms with Crippen molar-refractivity contribution in [1.82, 2.24) is 15.5 Å². The Morgan fingerprint density at radius 1 is 1.67 bits per heavy atom. The van der Waals surface area contributed by atoms with Crippen LogP contribution in [-0.2, 0) is 6.42 Å². The van der Waals surface area contributed by atoms with E-state index in [1.807, 2.05) is 0 Å². The maximum absolute atomic E-state index is 11.1. The molecule has 0 aliphatic heterocycles. The first-order valence-corrected chi connectivity index (χ1v) is 4.92. The average molecular weight is 212 g/mol. The quantitative estimate of drug-likeness (QED) is 0.714. The Bertz CT molecular complexity index is 324. The summed E-state index contributed by atoms with van der Waals surface area (Å²) in [5.74, 6) is 0.638. The van der Waals surface area contributed by atoms with E-state index in [1.54, 1.807) is 0 Å². The lowest BCUT2D eigenvalue weighted by atomic mass is 10.1. The lowest BCUT2D eigenvalue weighted by molar-refractivity contribution is 0.0950. The monoisotopic (exact) mass is 212 g/mol. The van der Waals surface area contributed by atoms with Gasteiger partial charge in [-0.05, 0) is 18.9 Å². The summed E-state index contributed by atoms with van der Waals surface area (Å²) in [6, 6.07) is 0. The molecule has 0 spiro atoms. The number of amides is 1. The highest BCUT2D eigenvalue weighted by Crippen LogP contribution is 2.06. The van der Waals surface area contributed by atoms with Crippen LogP contribution in [0.3, 0.4) is 0 Å². The molecule has 0 bridgehead atoms. The van der Waals surface area contributed by atoms with Crippen LogP contribution in [0.1, 0.15) is 29.9 Å². The van der Waals surface area contributed by atoms with Gasteiger partial charge in [0, 0.05) is 13.5 Å². The highest BCUT2D eigenvalue weighted by atomic mass is 16.5. The number of nitrogens with one attached hydrogen (secondary N) is 1. The molecule has 0 saturated carbocycles. The zero-order chi connectivity index (χ0) is 11.3. The van der Waals surface area contributed by atoms with Crippen LogP contribution in [0.2, 0.25) is 0 Å². The lowest BCUT2D eigenvalue weighted by Gasteiger charge is -2.03. The summed E-state index contributed by atoms with van der Waals surface area (Å²) < 4.78 is 4.92. The van der Waals surface area contributed by atoms with E-state index < -0.39 is 0 Å². The molecule has 6 nitrogen and oxygen atoms in total. The third-order valence-corrected chi connectivity index (χ3v) is 2.15. The van der Waals surface area contributed by atoms with Gasteiger partial charge in [0.25, 0.3) is 11.7 Å². The Hall–Kier alpha value is -1.43. The van der Waals surface area contributed by atoms with Gasteiger partial charge in [0.05, 0.1) is 0 Å². The smallest absolute Gasteiger partial charge is 0.292 e. The minimum atomic E-state index is -0.336. The second kappa shape index (κ2) is 5.45. The van der Waals surface area contributed by atoms with E-state index in [1.165, 1.54) is 7.05 Å². The molecule has 1 aromatic rings. The Labute approximate surface area is 88.2 Å². The summed E-state index contributed by atoms with van der Waals surface area (Å²) in [5, 5.41) is 5.99. The number of aryl methyl sites for hydroxylation is 1. The Morgan fingerprint density at radius 3 is 3.00 bits per heavy atom. The van der Waals surface area contributed by atoms with Crippen LogP contribution in [0.4, 0.5) is 0 Å². The second-order valence-electron chi connectivity index (χ2n) is 3.47. The summed E-state index contributed by atoms with van der Waals surface area (Å²) in [4.78, 5) is 15.1. The maximum atomic E-state index is 11.1. The number of aromatic nitrogens is 2. The molecule has 6 heteroatoms. The predicted molar refractivity (Wildman–Crippen MR) is 54.2 cm³/mol. The first-order chi connectivity index (χ1) is 7.17. The van der Waals surface area contributed by atoms with Gasteiger partial charge in [-0.1, -0.05) is 12.1 Å². The summed E-state index contributed by atoms with van der Waals surface area (Å²) in [6.07, 6.45) is 1.54. The van der Waals surface area contributed by atoms with Crippen molar-refractivity contribution >= 4 is 5.91 Å². The fraction of sp³-hybridized carbons (Fsp3) is 0.667. The van der Waals surface area contributed by atoms with Gasteiger partial charge in [0.2, 0.25) is 5.89 Å². The first-order valence-electron chi connectivity index (χ1n) is 4.92. The third-order valence-electron chi connectivity index (χ3n) is 2.15. The van der Waals surface area contributed by atoms with Crippen molar-refractivity contribution in [1.29, 1.82) is 0 Å². The molecule has 0 aromatic carbocycles.